The van der Waals surface area contributed by atoms with Crippen molar-refractivity contribution in [2.45, 2.75) is 13.8 Å². The van der Waals surface area contributed by atoms with E-state index in [1.165, 1.54) is 26.0 Å². The van der Waals surface area contributed by atoms with E-state index in [2.05, 4.69) is 5.32 Å². The highest BCUT2D eigenvalue weighted by atomic mass is 35.5. The van der Waals surface area contributed by atoms with Crippen LogP contribution >= 0.6 is 11.6 Å². The van der Waals surface area contributed by atoms with E-state index in [1.807, 2.05) is 6.07 Å². The van der Waals surface area contributed by atoms with Crippen molar-refractivity contribution >= 4 is 28.9 Å². The smallest absolute Gasteiger partial charge is 0.294 e. The number of benzene rings is 1. The summed E-state index contributed by atoms with van der Waals surface area (Å²) in [5.74, 6) is -0.615. The number of nitro benzene ring substituents is 1. The Morgan fingerprint density at radius 3 is 2.67 bits per heavy atom. The first-order valence-corrected chi connectivity index (χ1v) is 5.32. The number of rotatable bonds is 3. The largest absolute Gasteiger partial charge is 0.319 e. The summed E-state index contributed by atoms with van der Waals surface area (Å²) in [6.07, 6.45) is 0. The standard InChI is InChI=1S/C11H10ClN3O3/c1-11(2,6-13)10(16)14-8-4-3-7(12)5-9(8)15(17)18/h3-5H,1-2H3,(H,14,16). The first-order valence-electron chi connectivity index (χ1n) is 4.94. The van der Waals surface area contributed by atoms with Gasteiger partial charge in [-0.3, -0.25) is 14.9 Å². The van der Waals surface area contributed by atoms with Gasteiger partial charge >= 0.3 is 0 Å². The van der Waals surface area contributed by atoms with Gasteiger partial charge in [-0.2, -0.15) is 5.26 Å². The van der Waals surface area contributed by atoms with Gasteiger partial charge in [0.2, 0.25) is 5.91 Å². The van der Waals surface area contributed by atoms with E-state index in [9.17, 15) is 14.9 Å². The molecule has 0 aliphatic carbocycles. The number of carbonyl (C=O) groups is 1. The van der Waals surface area contributed by atoms with Gasteiger partial charge in [-0.1, -0.05) is 11.6 Å². The minimum Gasteiger partial charge on any atom is -0.319 e. The topological polar surface area (TPSA) is 96.0 Å². The van der Waals surface area contributed by atoms with Crippen LogP contribution < -0.4 is 5.32 Å². The minimum atomic E-state index is -1.27. The fourth-order valence-corrected chi connectivity index (χ4v) is 1.26. The molecule has 0 fully saturated rings. The Morgan fingerprint density at radius 2 is 2.17 bits per heavy atom. The predicted molar refractivity (Wildman–Crippen MR) is 66.1 cm³/mol. The molecule has 1 aromatic rings. The second-order valence-corrected chi connectivity index (χ2v) is 4.55. The monoisotopic (exact) mass is 267 g/mol. The maximum Gasteiger partial charge on any atom is 0.294 e. The summed E-state index contributed by atoms with van der Waals surface area (Å²) in [5.41, 5.74) is -1.57. The molecule has 7 heteroatoms. The molecule has 1 aromatic carbocycles. The van der Waals surface area contributed by atoms with Gasteiger partial charge in [0, 0.05) is 11.1 Å². The van der Waals surface area contributed by atoms with Crippen molar-refractivity contribution in [1.29, 1.82) is 5.26 Å². The van der Waals surface area contributed by atoms with Crippen LogP contribution in [0.1, 0.15) is 13.8 Å². The summed E-state index contributed by atoms with van der Waals surface area (Å²) in [4.78, 5) is 21.9. The Morgan fingerprint density at radius 1 is 1.56 bits per heavy atom. The average molecular weight is 268 g/mol. The zero-order chi connectivity index (χ0) is 13.9. The Bertz CT molecular complexity index is 549. The summed E-state index contributed by atoms with van der Waals surface area (Å²) in [5, 5.41) is 22.1. The molecule has 1 amide bonds. The lowest BCUT2D eigenvalue weighted by molar-refractivity contribution is -0.383. The molecule has 0 atom stereocenters. The number of nitro groups is 1. The minimum absolute atomic E-state index is 0.0118. The van der Waals surface area contributed by atoms with Crippen LogP contribution in [0, 0.1) is 26.9 Å². The average Bonchev–Trinajstić information content (AvgIpc) is 2.31. The van der Waals surface area contributed by atoms with Gasteiger partial charge in [0.25, 0.3) is 5.69 Å². The van der Waals surface area contributed by atoms with Crippen molar-refractivity contribution in [2.24, 2.45) is 5.41 Å². The third-order valence-corrected chi connectivity index (χ3v) is 2.49. The molecule has 1 N–H and O–H groups in total. The second kappa shape index (κ2) is 5.02. The van der Waals surface area contributed by atoms with Crippen LogP contribution in [0.4, 0.5) is 11.4 Å². The molecule has 0 aliphatic rings. The zero-order valence-corrected chi connectivity index (χ0v) is 10.5. The molecule has 0 spiro atoms. The summed E-state index contributed by atoms with van der Waals surface area (Å²) in [6, 6.07) is 5.69. The highest BCUT2D eigenvalue weighted by molar-refractivity contribution is 6.31. The molecule has 1 rings (SSSR count). The van der Waals surface area contributed by atoms with Gasteiger partial charge < -0.3 is 5.32 Å². The van der Waals surface area contributed by atoms with Crippen molar-refractivity contribution in [2.75, 3.05) is 5.32 Å². The van der Waals surface area contributed by atoms with E-state index in [1.54, 1.807) is 0 Å². The molecule has 94 valence electrons. The van der Waals surface area contributed by atoms with Crippen molar-refractivity contribution in [3.05, 3.63) is 33.3 Å². The first kappa shape index (κ1) is 13.9. The van der Waals surface area contributed by atoms with Gasteiger partial charge in [-0.05, 0) is 26.0 Å². The van der Waals surface area contributed by atoms with Crippen molar-refractivity contribution < 1.29 is 9.72 Å². The van der Waals surface area contributed by atoms with Crippen molar-refractivity contribution in [3.8, 4) is 6.07 Å². The Kier molecular flexibility index (Phi) is 3.89. The fraction of sp³-hybridized carbons (Fsp3) is 0.273. The number of amides is 1. The van der Waals surface area contributed by atoms with Gasteiger partial charge in [-0.25, -0.2) is 0 Å². The number of hydrogen-bond acceptors (Lipinski definition) is 4. The van der Waals surface area contributed by atoms with Crippen LogP contribution in [-0.2, 0) is 4.79 Å². The van der Waals surface area contributed by atoms with Crippen LogP contribution in [0.2, 0.25) is 5.02 Å². The lowest BCUT2D eigenvalue weighted by Gasteiger charge is -2.14. The molecule has 0 saturated heterocycles. The third-order valence-electron chi connectivity index (χ3n) is 2.25. The third kappa shape index (κ3) is 2.96. The molecule has 0 radical (unpaired) electrons. The molecule has 0 bridgehead atoms. The molecule has 18 heavy (non-hydrogen) atoms. The van der Waals surface area contributed by atoms with E-state index in [0.29, 0.717) is 0 Å². The van der Waals surface area contributed by atoms with E-state index < -0.39 is 16.2 Å². The number of nitrogens with one attached hydrogen (secondary N) is 1. The molecule has 0 aromatic heterocycles. The van der Waals surface area contributed by atoms with Gasteiger partial charge in [0.15, 0.2) is 0 Å². The van der Waals surface area contributed by atoms with E-state index in [-0.39, 0.29) is 16.4 Å². The molecule has 0 unspecified atom stereocenters. The van der Waals surface area contributed by atoms with Crippen molar-refractivity contribution in [3.63, 3.8) is 0 Å². The van der Waals surface area contributed by atoms with Crippen LogP contribution in [0.5, 0.6) is 0 Å². The summed E-state index contributed by atoms with van der Waals surface area (Å²) in [6.45, 7) is 2.84. The number of nitrogens with zero attached hydrogens (tertiary/aromatic N) is 2. The van der Waals surface area contributed by atoms with E-state index in [0.717, 1.165) is 6.07 Å². The number of anilines is 1. The van der Waals surface area contributed by atoms with Gasteiger partial charge in [0.05, 0.1) is 11.0 Å². The molecule has 6 nitrogen and oxygen atoms in total. The number of hydrogen-bond donors (Lipinski definition) is 1. The molecule has 0 aliphatic heterocycles. The normalized spacial score (nSPS) is 10.6. The lowest BCUT2D eigenvalue weighted by Crippen LogP contribution is -2.29. The van der Waals surface area contributed by atoms with Crippen LogP contribution in [0.25, 0.3) is 0 Å². The highest BCUT2D eigenvalue weighted by Gasteiger charge is 2.29. The summed E-state index contributed by atoms with van der Waals surface area (Å²) < 4.78 is 0. The maximum absolute atomic E-state index is 11.7. The lowest BCUT2D eigenvalue weighted by atomic mass is 9.94. The van der Waals surface area contributed by atoms with E-state index in [4.69, 9.17) is 16.9 Å². The predicted octanol–water partition coefficient (Wildman–Crippen LogP) is 2.74. The first-order chi connectivity index (χ1) is 8.27. The van der Waals surface area contributed by atoms with Crippen LogP contribution in [0.15, 0.2) is 18.2 Å². The Labute approximate surface area is 108 Å². The van der Waals surface area contributed by atoms with Crippen molar-refractivity contribution in [1.82, 2.24) is 0 Å². The Balaban J connectivity index is 3.10. The second-order valence-electron chi connectivity index (χ2n) is 4.11. The molecule has 0 saturated carbocycles. The quantitative estimate of drug-likeness (QED) is 0.672. The maximum atomic E-state index is 11.7. The number of nitriles is 1. The fourth-order valence-electron chi connectivity index (χ4n) is 1.09. The van der Waals surface area contributed by atoms with Gasteiger partial charge in [-0.15, -0.1) is 0 Å². The van der Waals surface area contributed by atoms with Gasteiger partial charge in [0.1, 0.15) is 11.1 Å². The zero-order valence-electron chi connectivity index (χ0n) is 9.73. The van der Waals surface area contributed by atoms with Crippen LogP contribution in [-0.4, -0.2) is 10.8 Å². The summed E-state index contributed by atoms with van der Waals surface area (Å²) in [7, 11) is 0. The highest BCUT2D eigenvalue weighted by Crippen LogP contribution is 2.29. The number of halogens is 1. The Hall–Kier alpha value is -2.13. The van der Waals surface area contributed by atoms with E-state index >= 15 is 0 Å². The molecule has 0 heterocycles. The van der Waals surface area contributed by atoms with Crippen LogP contribution in [0.3, 0.4) is 0 Å². The number of carbonyl (C=O) groups excluding carboxylic acids is 1. The summed E-state index contributed by atoms with van der Waals surface area (Å²) >= 11 is 5.65. The molecular formula is C11H10ClN3O3. The SMILES string of the molecule is CC(C)(C#N)C(=O)Nc1ccc(Cl)cc1[N+](=O)[O-]. The molecular weight excluding hydrogens is 258 g/mol.